The summed E-state index contributed by atoms with van der Waals surface area (Å²) in [5.74, 6) is -0.0648. The van der Waals surface area contributed by atoms with Gasteiger partial charge in [-0.05, 0) is 42.8 Å². The zero-order chi connectivity index (χ0) is 25.6. The fourth-order valence-electron chi connectivity index (χ4n) is 4.41. The molecule has 0 radical (unpaired) electrons. The van der Waals surface area contributed by atoms with E-state index in [1.54, 1.807) is 23.4 Å². The zero-order valence-corrected chi connectivity index (χ0v) is 20.8. The maximum Gasteiger partial charge on any atom is 0.253 e. The second kappa shape index (κ2) is 11.0. The number of piperazine rings is 1. The Bertz CT molecular complexity index is 1390. The highest BCUT2D eigenvalue weighted by molar-refractivity contribution is 5.95. The van der Waals surface area contributed by atoms with E-state index in [0.29, 0.717) is 38.3 Å². The van der Waals surface area contributed by atoms with Gasteiger partial charge in [0, 0.05) is 67.5 Å². The lowest BCUT2D eigenvalue weighted by atomic mass is 10.1. The van der Waals surface area contributed by atoms with Crippen LogP contribution in [0.5, 0.6) is 0 Å². The molecule has 5 rings (SSSR count). The Kier molecular flexibility index (Phi) is 7.21. The van der Waals surface area contributed by atoms with Gasteiger partial charge in [-0.15, -0.1) is 0 Å². The van der Waals surface area contributed by atoms with Crippen LogP contribution in [0.1, 0.15) is 27.0 Å². The third-order valence-corrected chi connectivity index (χ3v) is 6.49. The Morgan fingerprint density at radius 3 is 2.32 bits per heavy atom. The van der Waals surface area contributed by atoms with Crippen molar-refractivity contribution in [2.45, 2.75) is 13.5 Å². The Morgan fingerprint density at radius 1 is 0.892 bits per heavy atom. The quantitative estimate of drug-likeness (QED) is 0.377. The van der Waals surface area contributed by atoms with Crippen LogP contribution >= 0.6 is 0 Å². The Balaban J connectivity index is 1.27. The highest BCUT2D eigenvalue weighted by atomic mass is 16.2. The van der Waals surface area contributed by atoms with Crippen LogP contribution in [0, 0.1) is 6.92 Å². The lowest BCUT2D eigenvalue weighted by Gasteiger charge is -2.34. The zero-order valence-electron chi connectivity index (χ0n) is 20.8. The van der Waals surface area contributed by atoms with E-state index in [2.05, 4.69) is 17.1 Å². The average molecular weight is 492 g/mol. The summed E-state index contributed by atoms with van der Waals surface area (Å²) >= 11 is 0. The topological polar surface area (TPSA) is 71.3 Å². The van der Waals surface area contributed by atoms with E-state index in [-0.39, 0.29) is 11.8 Å². The molecule has 186 valence electrons. The van der Waals surface area contributed by atoms with Gasteiger partial charge in [-0.2, -0.15) is 5.10 Å². The van der Waals surface area contributed by atoms with Crippen LogP contribution in [0.2, 0.25) is 0 Å². The summed E-state index contributed by atoms with van der Waals surface area (Å²) < 4.78 is 1.89. The first-order valence-electron chi connectivity index (χ1n) is 12.4. The summed E-state index contributed by atoms with van der Waals surface area (Å²) in [5, 5.41) is 4.79. The van der Waals surface area contributed by atoms with Gasteiger partial charge in [-0.3, -0.25) is 19.3 Å². The number of hydrogen-bond acceptors (Lipinski definition) is 4. The first kappa shape index (κ1) is 24.2. The number of benzene rings is 2. The van der Waals surface area contributed by atoms with Gasteiger partial charge in [0.15, 0.2) is 0 Å². The molecule has 0 saturated carbocycles. The van der Waals surface area contributed by atoms with E-state index in [0.717, 1.165) is 27.9 Å². The summed E-state index contributed by atoms with van der Waals surface area (Å²) in [6.45, 7) is 4.67. The van der Waals surface area contributed by atoms with Crippen LogP contribution in [0.3, 0.4) is 0 Å². The van der Waals surface area contributed by atoms with Crippen molar-refractivity contribution in [2.24, 2.45) is 0 Å². The Morgan fingerprint density at radius 2 is 1.62 bits per heavy atom. The normalized spacial score (nSPS) is 13.8. The summed E-state index contributed by atoms with van der Waals surface area (Å²) in [5.41, 5.74) is 5.47. The smallest absolute Gasteiger partial charge is 0.253 e. The standard InChI is InChI=1S/C30H29N5O2/c1-23-9-11-25(12-10-23)30(37)34-18-16-33(17-19-34)28(36)14-13-27-22-35(21-24-6-3-2-4-7-24)32-29(27)26-8-5-15-31-20-26/h2-15,20,22H,16-19,21H2,1H3. The number of carbonyl (C=O) groups excluding carboxylic acids is 2. The molecule has 37 heavy (non-hydrogen) atoms. The number of pyridine rings is 1. The molecular formula is C30H29N5O2. The molecule has 0 atom stereocenters. The molecule has 0 N–H and O–H groups in total. The molecule has 0 spiro atoms. The third kappa shape index (κ3) is 5.83. The minimum atomic E-state index is -0.0737. The number of rotatable bonds is 6. The van der Waals surface area contributed by atoms with Crippen molar-refractivity contribution >= 4 is 17.9 Å². The summed E-state index contributed by atoms with van der Waals surface area (Å²) in [6.07, 6.45) is 8.88. The van der Waals surface area contributed by atoms with Crippen molar-refractivity contribution in [1.29, 1.82) is 0 Å². The van der Waals surface area contributed by atoms with Crippen LogP contribution < -0.4 is 0 Å². The van der Waals surface area contributed by atoms with E-state index < -0.39 is 0 Å². The molecular weight excluding hydrogens is 462 g/mol. The van der Waals surface area contributed by atoms with Gasteiger partial charge < -0.3 is 9.80 Å². The maximum atomic E-state index is 13.0. The fourth-order valence-corrected chi connectivity index (χ4v) is 4.41. The summed E-state index contributed by atoms with van der Waals surface area (Å²) in [7, 11) is 0. The molecule has 1 aliphatic heterocycles. The number of nitrogens with zero attached hydrogens (tertiary/aromatic N) is 5. The molecule has 7 nitrogen and oxygen atoms in total. The molecule has 3 heterocycles. The minimum Gasteiger partial charge on any atom is -0.336 e. The third-order valence-electron chi connectivity index (χ3n) is 6.49. The predicted octanol–water partition coefficient (Wildman–Crippen LogP) is 4.30. The highest BCUT2D eigenvalue weighted by Crippen LogP contribution is 2.23. The Hall–Kier alpha value is -4.52. The van der Waals surface area contributed by atoms with Gasteiger partial charge in [0.2, 0.25) is 5.91 Å². The number of hydrogen-bond donors (Lipinski definition) is 0. The van der Waals surface area contributed by atoms with Crippen LogP contribution in [0.4, 0.5) is 0 Å². The monoisotopic (exact) mass is 491 g/mol. The number of aromatic nitrogens is 3. The van der Waals surface area contributed by atoms with Crippen molar-refractivity contribution in [3.05, 3.63) is 114 Å². The fraction of sp³-hybridized carbons (Fsp3) is 0.200. The van der Waals surface area contributed by atoms with Gasteiger partial charge in [0.1, 0.15) is 5.69 Å². The second-order valence-electron chi connectivity index (χ2n) is 9.17. The molecule has 0 unspecified atom stereocenters. The van der Waals surface area contributed by atoms with Crippen LogP contribution in [-0.2, 0) is 11.3 Å². The minimum absolute atomic E-state index is 0.00887. The Labute approximate surface area is 216 Å². The highest BCUT2D eigenvalue weighted by Gasteiger charge is 2.24. The molecule has 2 aromatic heterocycles. The molecule has 7 heteroatoms. The molecule has 0 bridgehead atoms. The molecule has 2 amide bonds. The van der Waals surface area contributed by atoms with E-state index >= 15 is 0 Å². The molecule has 1 saturated heterocycles. The van der Waals surface area contributed by atoms with Crippen molar-refractivity contribution in [2.75, 3.05) is 26.2 Å². The summed E-state index contributed by atoms with van der Waals surface area (Å²) in [6, 6.07) is 21.6. The second-order valence-corrected chi connectivity index (χ2v) is 9.17. The summed E-state index contributed by atoms with van der Waals surface area (Å²) in [4.78, 5) is 33.6. The lowest BCUT2D eigenvalue weighted by molar-refractivity contribution is -0.127. The van der Waals surface area contributed by atoms with Crippen LogP contribution in [0.15, 0.2) is 91.4 Å². The SMILES string of the molecule is Cc1ccc(C(=O)N2CCN(C(=O)C=Cc3cn(Cc4ccccc4)nc3-c3cccnc3)CC2)cc1. The van der Waals surface area contributed by atoms with Crippen molar-refractivity contribution in [3.63, 3.8) is 0 Å². The molecule has 2 aromatic carbocycles. The van der Waals surface area contributed by atoms with Gasteiger partial charge in [-0.25, -0.2) is 0 Å². The van der Waals surface area contributed by atoms with Crippen molar-refractivity contribution in [3.8, 4) is 11.3 Å². The predicted molar refractivity (Wildman–Crippen MR) is 144 cm³/mol. The van der Waals surface area contributed by atoms with E-state index in [9.17, 15) is 9.59 Å². The van der Waals surface area contributed by atoms with Crippen molar-refractivity contribution < 1.29 is 9.59 Å². The van der Waals surface area contributed by atoms with Gasteiger partial charge in [0.05, 0.1) is 6.54 Å². The van der Waals surface area contributed by atoms with Gasteiger partial charge >= 0.3 is 0 Å². The van der Waals surface area contributed by atoms with Gasteiger partial charge in [0.25, 0.3) is 5.91 Å². The largest absolute Gasteiger partial charge is 0.336 e. The lowest BCUT2D eigenvalue weighted by Crippen LogP contribution is -2.50. The van der Waals surface area contributed by atoms with E-state index in [4.69, 9.17) is 5.10 Å². The molecule has 0 aliphatic carbocycles. The van der Waals surface area contributed by atoms with Crippen LogP contribution in [0.25, 0.3) is 17.3 Å². The number of amides is 2. The van der Waals surface area contributed by atoms with Gasteiger partial charge in [-0.1, -0.05) is 48.0 Å². The van der Waals surface area contributed by atoms with Crippen LogP contribution in [-0.4, -0.2) is 62.6 Å². The maximum absolute atomic E-state index is 13.0. The number of aryl methyl sites for hydroxylation is 1. The van der Waals surface area contributed by atoms with E-state index in [1.165, 1.54) is 0 Å². The first-order valence-corrected chi connectivity index (χ1v) is 12.4. The molecule has 1 aliphatic rings. The molecule has 4 aromatic rings. The average Bonchev–Trinajstić information content (AvgIpc) is 3.35. The van der Waals surface area contributed by atoms with E-state index in [1.807, 2.05) is 83.4 Å². The first-order chi connectivity index (χ1) is 18.1. The molecule has 1 fully saturated rings. The van der Waals surface area contributed by atoms with Crippen molar-refractivity contribution in [1.82, 2.24) is 24.6 Å². The number of carbonyl (C=O) groups is 2.